The summed E-state index contributed by atoms with van der Waals surface area (Å²) in [5, 5.41) is 13.8. The molecule has 0 saturated carbocycles. The summed E-state index contributed by atoms with van der Waals surface area (Å²) >= 11 is 0. The number of rotatable bonds is 1. The van der Waals surface area contributed by atoms with E-state index in [9.17, 15) is 4.79 Å². The SMILES string of the molecule is O=C1CN(c2cnccn2)N=C1O. The van der Waals surface area contributed by atoms with Gasteiger partial charge in [0.25, 0.3) is 5.90 Å². The summed E-state index contributed by atoms with van der Waals surface area (Å²) in [6.07, 6.45) is 4.48. The quantitative estimate of drug-likeness (QED) is 0.640. The van der Waals surface area contributed by atoms with E-state index in [-0.39, 0.29) is 6.54 Å². The van der Waals surface area contributed by atoms with Gasteiger partial charge in [0.15, 0.2) is 5.82 Å². The second-order valence-corrected chi connectivity index (χ2v) is 2.47. The molecule has 0 saturated heterocycles. The first-order valence-electron chi connectivity index (χ1n) is 3.61. The Labute approximate surface area is 73.5 Å². The number of anilines is 1. The van der Waals surface area contributed by atoms with Gasteiger partial charge in [-0.2, -0.15) is 0 Å². The van der Waals surface area contributed by atoms with Crippen molar-refractivity contribution in [3.05, 3.63) is 18.6 Å². The number of carbonyl (C=O) groups excluding carboxylic acids is 1. The molecule has 1 aromatic heterocycles. The van der Waals surface area contributed by atoms with Crippen molar-refractivity contribution < 1.29 is 9.90 Å². The molecule has 66 valence electrons. The lowest BCUT2D eigenvalue weighted by Crippen LogP contribution is -2.19. The third kappa shape index (κ3) is 1.33. The maximum atomic E-state index is 10.9. The summed E-state index contributed by atoms with van der Waals surface area (Å²) in [4.78, 5) is 18.6. The van der Waals surface area contributed by atoms with Crippen LogP contribution in [0.4, 0.5) is 5.82 Å². The maximum absolute atomic E-state index is 10.9. The van der Waals surface area contributed by atoms with Crippen LogP contribution in [0, 0.1) is 0 Å². The van der Waals surface area contributed by atoms with Gasteiger partial charge in [0.2, 0.25) is 5.78 Å². The van der Waals surface area contributed by atoms with Crippen molar-refractivity contribution in [2.45, 2.75) is 0 Å². The molecule has 0 aromatic carbocycles. The molecule has 2 heterocycles. The molecule has 1 aliphatic rings. The third-order valence-corrected chi connectivity index (χ3v) is 1.57. The molecule has 1 N–H and O–H groups in total. The largest absolute Gasteiger partial charge is 0.490 e. The lowest BCUT2D eigenvalue weighted by molar-refractivity contribution is -0.112. The Bertz CT molecular complexity index is 362. The van der Waals surface area contributed by atoms with Crippen molar-refractivity contribution >= 4 is 17.5 Å². The van der Waals surface area contributed by atoms with Gasteiger partial charge >= 0.3 is 0 Å². The molecule has 0 radical (unpaired) electrons. The molecule has 2 rings (SSSR count). The van der Waals surface area contributed by atoms with Crippen LogP contribution in [-0.4, -0.2) is 33.3 Å². The van der Waals surface area contributed by atoms with Gasteiger partial charge in [-0.25, -0.2) is 9.99 Å². The summed E-state index contributed by atoms with van der Waals surface area (Å²) in [5.41, 5.74) is 0. The van der Waals surface area contributed by atoms with Crippen LogP contribution in [0.5, 0.6) is 0 Å². The van der Waals surface area contributed by atoms with E-state index in [4.69, 9.17) is 5.11 Å². The van der Waals surface area contributed by atoms with E-state index in [0.29, 0.717) is 5.82 Å². The molecular formula is C7H6N4O2. The first kappa shape index (κ1) is 7.66. The Morgan fingerprint density at radius 3 is 2.85 bits per heavy atom. The van der Waals surface area contributed by atoms with E-state index in [2.05, 4.69) is 15.1 Å². The number of aliphatic hydroxyl groups is 1. The number of aliphatic hydroxyl groups excluding tert-OH is 1. The summed E-state index contributed by atoms with van der Waals surface area (Å²) in [6.45, 7) is 0.0184. The number of hydrogen-bond acceptors (Lipinski definition) is 5. The van der Waals surface area contributed by atoms with Crippen molar-refractivity contribution in [2.75, 3.05) is 11.6 Å². The van der Waals surface area contributed by atoms with Gasteiger partial charge in [-0.15, -0.1) is 5.10 Å². The average Bonchev–Trinajstić information content (AvgIpc) is 2.49. The Morgan fingerprint density at radius 1 is 1.46 bits per heavy atom. The van der Waals surface area contributed by atoms with Gasteiger partial charge in [0, 0.05) is 12.4 Å². The highest BCUT2D eigenvalue weighted by molar-refractivity contribution is 6.38. The molecule has 13 heavy (non-hydrogen) atoms. The van der Waals surface area contributed by atoms with Crippen LogP contribution < -0.4 is 5.01 Å². The second-order valence-electron chi connectivity index (χ2n) is 2.47. The highest BCUT2D eigenvalue weighted by Gasteiger charge is 2.24. The number of ketones is 1. The molecule has 1 aromatic rings. The highest BCUT2D eigenvalue weighted by Crippen LogP contribution is 2.11. The lowest BCUT2D eigenvalue weighted by Gasteiger charge is -2.08. The van der Waals surface area contributed by atoms with Gasteiger partial charge in [-0.3, -0.25) is 9.78 Å². The number of Topliss-reactive ketones (excluding diaryl/α,β-unsaturated/α-hetero) is 1. The maximum Gasteiger partial charge on any atom is 0.274 e. The van der Waals surface area contributed by atoms with Crippen molar-refractivity contribution in [1.82, 2.24) is 9.97 Å². The van der Waals surface area contributed by atoms with E-state index < -0.39 is 11.7 Å². The predicted octanol–water partition coefficient (Wildman–Crippen LogP) is -0.263. The number of nitrogens with zero attached hydrogens (tertiary/aromatic N) is 4. The Hall–Kier alpha value is -1.98. The smallest absolute Gasteiger partial charge is 0.274 e. The number of hydrazone groups is 1. The summed E-state index contributed by atoms with van der Waals surface area (Å²) < 4.78 is 0. The van der Waals surface area contributed by atoms with E-state index in [1.54, 1.807) is 0 Å². The van der Waals surface area contributed by atoms with Crippen LogP contribution in [-0.2, 0) is 4.79 Å². The van der Waals surface area contributed by atoms with Crippen LogP contribution in [0.25, 0.3) is 0 Å². The summed E-state index contributed by atoms with van der Waals surface area (Å²) in [7, 11) is 0. The second kappa shape index (κ2) is 2.81. The van der Waals surface area contributed by atoms with Crippen LogP contribution >= 0.6 is 0 Å². The Kier molecular flexibility index (Phi) is 1.66. The highest BCUT2D eigenvalue weighted by atomic mass is 16.3. The normalized spacial score (nSPS) is 16.2. The number of hydrogen-bond donors (Lipinski definition) is 1. The summed E-state index contributed by atoms with van der Waals surface area (Å²) in [5.74, 6) is -0.448. The minimum Gasteiger partial charge on any atom is -0.490 e. The van der Waals surface area contributed by atoms with E-state index in [0.717, 1.165) is 0 Å². The minimum absolute atomic E-state index is 0.0184. The molecule has 0 amide bonds. The fraction of sp³-hybridized carbons (Fsp3) is 0.143. The van der Waals surface area contributed by atoms with Crippen molar-refractivity contribution in [1.29, 1.82) is 0 Å². The molecule has 0 bridgehead atoms. The van der Waals surface area contributed by atoms with Crippen LogP contribution in [0.3, 0.4) is 0 Å². The standard InChI is InChI=1S/C7H6N4O2/c12-5-4-11(10-7(5)13)6-3-8-1-2-9-6/h1-3H,4H2,(H,10,13). The van der Waals surface area contributed by atoms with Gasteiger partial charge in [0.1, 0.15) is 6.54 Å². The molecular weight excluding hydrogens is 172 g/mol. The minimum atomic E-state index is -0.481. The fourth-order valence-electron chi connectivity index (χ4n) is 0.969. The van der Waals surface area contributed by atoms with E-state index in [1.165, 1.54) is 23.6 Å². The van der Waals surface area contributed by atoms with Crippen molar-refractivity contribution in [3.8, 4) is 0 Å². The number of carbonyl (C=O) groups is 1. The average molecular weight is 178 g/mol. The molecule has 1 aliphatic heterocycles. The molecule has 6 heteroatoms. The van der Waals surface area contributed by atoms with Crippen LogP contribution in [0.2, 0.25) is 0 Å². The Morgan fingerprint density at radius 2 is 2.31 bits per heavy atom. The van der Waals surface area contributed by atoms with Gasteiger partial charge in [0.05, 0.1) is 6.20 Å². The molecule has 0 unspecified atom stereocenters. The molecule has 0 atom stereocenters. The summed E-state index contributed by atoms with van der Waals surface area (Å²) in [6, 6.07) is 0. The zero-order valence-corrected chi connectivity index (χ0v) is 6.58. The van der Waals surface area contributed by atoms with Crippen LogP contribution in [0.1, 0.15) is 0 Å². The Balaban J connectivity index is 2.27. The van der Waals surface area contributed by atoms with Gasteiger partial charge < -0.3 is 5.11 Å². The third-order valence-electron chi connectivity index (χ3n) is 1.57. The first-order valence-corrected chi connectivity index (χ1v) is 3.61. The predicted molar refractivity (Wildman–Crippen MR) is 44.4 cm³/mol. The van der Waals surface area contributed by atoms with E-state index >= 15 is 0 Å². The molecule has 0 fully saturated rings. The van der Waals surface area contributed by atoms with Gasteiger partial charge in [-0.1, -0.05) is 0 Å². The topological polar surface area (TPSA) is 78.7 Å². The monoisotopic (exact) mass is 178 g/mol. The van der Waals surface area contributed by atoms with Crippen molar-refractivity contribution in [2.24, 2.45) is 5.10 Å². The molecule has 0 aliphatic carbocycles. The van der Waals surface area contributed by atoms with Crippen LogP contribution in [0.15, 0.2) is 23.7 Å². The first-order chi connectivity index (χ1) is 6.27. The van der Waals surface area contributed by atoms with E-state index in [1.807, 2.05) is 0 Å². The molecule has 6 nitrogen and oxygen atoms in total. The van der Waals surface area contributed by atoms with Crippen molar-refractivity contribution in [3.63, 3.8) is 0 Å². The number of aromatic nitrogens is 2. The fourth-order valence-corrected chi connectivity index (χ4v) is 0.969. The molecule has 0 spiro atoms. The zero-order chi connectivity index (χ0) is 9.26. The lowest BCUT2D eigenvalue weighted by atomic mass is 10.4. The zero-order valence-electron chi connectivity index (χ0n) is 6.58. The van der Waals surface area contributed by atoms with Gasteiger partial charge in [-0.05, 0) is 0 Å².